The van der Waals surface area contributed by atoms with E-state index in [4.69, 9.17) is 16.6 Å². The molecule has 0 heterocycles. The Hall–Kier alpha value is -1.29. The molecule has 0 fully saturated rings. The molecule has 0 bridgehead atoms. The van der Waals surface area contributed by atoms with E-state index in [-0.39, 0.29) is 0 Å². The summed E-state index contributed by atoms with van der Waals surface area (Å²) in [6, 6.07) is 0. The van der Waals surface area contributed by atoms with Gasteiger partial charge in [-0.3, -0.25) is 4.79 Å². The van der Waals surface area contributed by atoms with Crippen molar-refractivity contribution >= 4 is 5.97 Å². The lowest BCUT2D eigenvalue weighted by atomic mass is 10.1. The highest BCUT2D eigenvalue weighted by atomic mass is 16.4. The molecule has 148 valence electrons. The van der Waals surface area contributed by atoms with Crippen LogP contribution in [0.15, 0.2) is 24.4 Å². The quantitative estimate of drug-likeness (QED) is 0.251. The van der Waals surface area contributed by atoms with Gasteiger partial charge in [0.05, 0.1) is 0 Å². The Bertz CT molecular complexity index is 315. The van der Waals surface area contributed by atoms with E-state index in [9.17, 15) is 4.79 Å². The van der Waals surface area contributed by atoms with Crippen molar-refractivity contribution in [2.24, 2.45) is 11.5 Å². The fourth-order valence-electron chi connectivity index (χ4n) is 2.43. The van der Waals surface area contributed by atoms with Crippen LogP contribution in [0.2, 0.25) is 0 Å². The fourth-order valence-corrected chi connectivity index (χ4v) is 2.43. The van der Waals surface area contributed by atoms with Gasteiger partial charge in [0.2, 0.25) is 0 Å². The third-order valence-electron chi connectivity index (χ3n) is 3.92. The molecule has 0 aliphatic carbocycles. The number of nitrogens with two attached hydrogens (primary N) is 2. The second-order valence-corrected chi connectivity index (χ2v) is 6.39. The van der Waals surface area contributed by atoms with Gasteiger partial charge < -0.3 is 16.6 Å². The second-order valence-electron chi connectivity index (χ2n) is 6.39. The number of aliphatic carboxylic acids is 1. The average molecular weight is 355 g/mol. The van der Waals surface area contributed by atoms with E-state index in [0.29, 0.717) is 13.0 Å². The molecular weight excluding hydrogens is 312 g/mol. The Morgan fingerprint density at radius 3 is 1.68 bits per heavy atom. The molecule has 0 aliphatic rings. The maximum absolute atomic E-state index is 10.3. The van der Waals surface area contributed by atoms with Crippen molar-refractivity contribution < 1.29 is 9.90 Å². The summed E-state index contributed by atoms with van der Waals surface area (Å²) in [5, 5.41) is 8.51. The van der Waals surface area contributed by atoms with Gasteiger partial charge in [0.1, 0.15) is 0 Å². The first-order chi connectivity index (χ1) is 12.2. The molecule has 0 amide bonds. The first-order valence-electron chi connectivity index (χ1n) is 10.1. The highest BCUT2D eigenvalue weighted by Crippen LogP contribution is 2.09. The molecule has 0 spiro atoms. The van der Waals surface area contributed by atoms with Gasteiger partial charge in [-0.05, 0) is 38.3 Å². The topological polar surface area (TPSA) is 89.3 Å². The number of unbranched alkanes of at least 4 members (excludes halogenated alkanes) is 11. The van der Waals surface area contributed by atoms with Crippen LogP contribution in [0, 0.1) is 0 Å². The zero-order valence-corrected chi connectivity index (χ0v) is 16.4. The summed E-state index contributed by atoms with van der Waals surface area (Å²) in [4.78, 5) is 10.3. The zero-order valence-electron chi connectivity index (χ0n) is 16.4. The SMILES string of the molecule is CCCCCCCCC=CCCCCCCCC(=O)O.NC=CCN. The van der Waals surface area contributed by atoms with E-state index in [0.717, 1.165) is 12.8 Å². The summed E-state index contributed by atoms with van der Waals surface area (Å²) in [6.45, 7) is 2.80. The lowest BCUT2D eigenvalue weighted by Crippen LogP contribution is -1.93. The molecule has 0 unspecified atom stereocenters. The van der Waals surface area contributed by atoms with Crippen LogP contribution in [0.4, 0.5) is 0 Å². The minimum Gasteiger partial charge on any atom is -0.481 e. The van der Waals surface area contributed by atoms with E-state index in [1.54, 1.807) is 6.08 Å². The summed E-state index contributed by atoms with van der Waals surface area (Å²) < 4.78 is 0. The second kappa shape index (κ2) is 25.0. The Morgan fingerprint density at radius 1 is 0.800 bits per heavy atom. The summed E-state index contributed by atoms with van der Waals surface area (Å²) in [7, 11) is 0. The number of carboxylic acids is 1. The van der Waals surface area contributed by atoms with Crippen LogP contribution >= 0.6 is 0 Å². The van der Waals surface area contributed by atoms with E-state index in [2.05, 4.69) is 19.1 Å². The molecule has 0 saturated carbocycles. The van der Waals surface area contributed by atoms with E-state index >= 15 is 0 Å². The molecule has 0 rings (SSSR count). The van der Waals surface area contributed by atoms with Crippen molar-refractivity contribution in [3.8, 4) is 0 Å². The molecule has 0 aliphatic heterocycles. The van der Waals surface area contributed by atoms with Crippen LogP contribution in [0.3, 0.4) is 0 Å². The van der Waals surface area contributed by atoms with Gasteiger partial charge in [0.15, 0.2) is 0 Å². The molecule has 0 saturated heterocycles. The standard InChI is InChI=1S/C18H34O2.C3H8N2/c1-2-3-4-5-6-7-8-9-10-11-12-13-14-15-16-17-18(19)20;4-2-1-3-5/h9-10H,2-8,11-17H2,1H3,(H,19,20);1-2H,3-5H2. The van der Waals surface area contributed by atoms with Crippen molar-refractivity contribution in [2.45, 2.75) is 96.8 Å². The highest BCUT2D eigenvalue weighted by molar-refractivity contribution is 5.66. The Kier molecular flexibility index (Phi) is 25.9. The van der Waals surface area contributed by atoms with Gasteiger partial charge in [-0.2, -0.15) is 0 Å². The van der Waals surface area contributed by atoms with Crippen molar-refractivity contribution in [3.05, 3.63) is 24.4 Å². The first-order valence-corrected chi connectivity index (χ1v) is 10.1. The third kappa shape index (κ3) is 31.1. The molecule has 5 N–H and O–H groups in total. The van der Waals surface area contributed by atoms with E-state index in [1.165, 1.54) is 76.8 Å². The van der Waals surface area contributed by atoms with E-state index < -0.39 is 5.97 Å². The molecule has 0 aromatic carbocycles. The number of allylic oxidation sites excluding steroid dienone is 2. The normalized spacial score (nSPS) is 11.0. The molecule has 0 radical (unpaired) electrons. The van der Waals surface area contributed by atoms with Gasteiger partial charge in [-0.1, -0.05) is 76.5 Å². The predicted molar refractivity (Wildman–Crippen MR) is 109 cm³/mol. The molecular formula is C21H42N2O2. The van der Waals surface area contributed by atoms with Crippen LogP contribution in [-0.2, 0) is 4.79 Å². The number of hydrogen-bond donors (Lipinski definition) is 3. The largest absolute Gasteiger partial charge is 0.481 e. The monoisotopic (exact) mass is 354 g/mol. The Morgan fingerprint density at radius 2 is 1.28 bits per heavy atom. The first kappa shape index (κ1) is 25.9. The molecule has 4 heteroatoms. The molecule has 25 heavy (non-hydrogen) atoms. The maximum atomic E-state index is 10.3. The maximum Gasteiger partial charge on any atom is 0.303 e. The summed E-state index contributed by atoms with van der Waals surface area (Å²) in [5.74, 6) is -0.664. The Labute approximate surface area is 155 Å². The van der Waals surface area contributed by atoms with Crippen LogP contribution < -0.4 is 11.5 Å². The zero-order chi connectivity index (χ0) is 19.0. The molecule has 0 atom stereocenters. The molecule has 4 nitrogen and oxygen atoms in total. The number of carbonyl (C=O) groups is 1. The lowest BCUT2D eigenvalue weighted by Gasteiger charge is -1.99. The number of carboxylic acid groups (broad SMARTS) is 1. The van der Waals surface area contributed by atoms with Gasteiger partial charge in [0, 0.05) is 13.0 Å². The van der Waals surface area contributed by atoms with Gasteiger partial charge >= 0.3 is 5.97 Å². The summed E-state index contributed by atoms with van der Waals surface area (Å²) in [5.41, 5.74) is 9.85. The van der Waals surface area contributed by atoms with Crippen LogP contribution in [-0.4, -0.2) is 17.6 Å². The van der Waals surface area contributed by atoms with Crippen molar-refractivity contribution in [1.82, 2.24) is 0 Å². The smallest absolute Gasteiger partial charge is 0.303 e. The van der Waals surface area contributed by atoms with Crippen LogP contribution in [0.25, 0.3) is 0 Å². The van der Waals surface area contributed by atoms with Crippen molar-refractivity contribution in [2.75, 3.05) is 6.54 Å². The van der Waals surface area contributed by atoms with Gasteiger partial charge in [-0.25, -0.2) is 0 Å². The fraction of sp³-hybridized carbons (Fsp3) is 0.762. The van der Waals surface area contributed by atoms with E-state index in [1.807, 2.05) is 0 Å². The third-order valence-corrected chi connectivity index (χ3v) is 3.92. The highest BCUT2D eigenvalue weighted by Gasteiger charge is 1.95. The number of hydrogen-bond acceptors (Lipinski definition) is 3. The minimum atomic E-state index is -0.664. The van der Waals surface area contributed by atoms with Crippen molar-refractivity contribution in [3.63, 3.8) is 0 Å². The summed E-state index contributed by atoms with van der Waals surface area (Å²) >= 11 is 0. The molecule has 0 aromatic rings. The lowest BCUT2D eigenvalue weighted by molar-refractivity contribution is -0.137. The van der Waals surface area contributed by atoms with Crippen LogP contribution in [0.1, 0.15) is 96.8 Å². The minimum absolute atomic E-state index is 0.332. The van der Waals surface area contributed by atoms with Gasteiger partial charge in [0.25, 0.3) is 0 Å². The molecule has 0 aromatic heterocycles. The Balaban J connectivity index is 0. The summed E-state index contributed by atoms with van der Waals surface area (Å²) in [6.07, 6.45) is 24.4. The predicted octanol–water partition coefficient (Wildman–Crippen LogP) is 5.53. The van der Waals surface area contributed by atoms with Crippen molar-refractivity contribution in [1.29, 1.82) is 0 Å². The average Bonchev–Trinajstić information content (AvgIpc) is 2.59. The van der Waals surface area contributed by atoms with Gasteiger partial charge in [-0.15, -0.1) is 0 Å². The van der Waals surface area contributed by atoms with Crippen LogP contribution in [0.5, 0.6) is 0 Å². The number of rotatable bonds is 16.